The monoisotopic (exact) mass is 281 g/mol. The van der Waals surface area contributed by atoms with Gasteiger partial charge >= 0.3 is 6.03 Å². The van der Waals surface area contributed by atoms with Crippen molar-refractivity contribution in [1.29, 1.82) is 0 Å². The Hall–Kier alpha value is -1.53. The fraction of sp³-hybridized carbons (Fsp3) is 0.385. The number of benzene rings is 1. The third-order valence-corrected chi connectivity index (χ3v) is 2.83. The molecule has 1 rings (SSSR count). The number of nitrogens with one attached hydrogen (secondary N) is 1. The highest BCUT2D eigenvalue weighted by atomic mass is 32.1. The zero-order valence-corrected chi connectivity index (χ0v) is 12.1. The molecule has 5 nitrogen and oxygen atoms in total. The van der Waals surface area contributed by atoms with Gasteiger partial charge in [0, 0.05) is 12.1 Å². The molecule has 0 aromatic heterocycles. The summed E-state index contributed by atoms with van der Waals surface area (Å²) in [5.74, 6) is -0.436. The number of amides is 3. The predicted molar refractivity (Wildman–Crippen MR) is 78.2 cm³/mol. The highest BCUT2D eigenvalue weighted by Gasteiger charge is 2.18. The minimum absolute atomic E-state index is 0.431. The molecule has 0 aliphatic rings. The molecule has 104 valence electrons. The van der Waals surface area contributed by atoms with E-state index in [1.807, 2.05) is 19.0 Å². The molecule has 0 unspecified atom stereocenters. The van der Waals surface area contributed by atoms with Gasteiger partial charge in [0.25, 0.3) is 5.91 Å². The first-order valence-corrected chi connectivity index (χ1v) is 6.43. The Kier molecular flexibility index (Phi) is 6.38. The van der Waals surface area contributed by atoms with Gasteiger partial charge in [-0.25, -0.2) is 9.10 Å². The average molecular weight is 281 g/mol. The summed E-state index contributed by atoms with van der Waals surface area (Å²) in [5.41, 5.74) is 0.431. The molecule has 3 amide bonds. The molecule has 0 spiro atoms. The number of carbonyl (C=O) groups is 2. The molecule has 1 aromatic carbocycles. The Balaban J connectivity index is 2.42. The second-order valence-corrected chi connectivity index (χ2v) is 4.77. The summed E-state index contributed by atoms with van der Waals surface area (Å²) >= 11 is 3.94. The number of hydrogen-bond donors (Lipinski definition) is 2. The first kappa shape index (κ1) is 15.5. The van der Waals surface area contributed by atoms with Gasteiger partial charge in [-0.1, -0.05) is 31.0 Å². The number of rotatable bonds is 5. The fourth-order valence-corrected chi connectivity index (χ4v) is 1.65. The Bertz CT molecular complexity index is 423. The smallest absolute Gasteiger partial charge is 0.334 e. The van der Waals surface area contributed by atoms with Crippen LogP contribution in [0.25, 0.3) is 0 Å². The SMILES string of the molecule is CN(C)CCCNC(=O)N(S)C(=O)c1ccccc1. The zero-order chi connectivity index (χ0) is 14.3. The Morgan fingerprint density at radius 1 is 1.21 bits per heavy atom. The largest absolute Gasteiger partial charge is 0.337 e. The van der Waals surface area contributed by atoms with Crippen LogP contribution in [0.15, 0.2) is 30.3 Å². The zero-order valence-electron chi connectivity index (χ0n) is 11.2. The van der Waals surface area contributed by atoms with Gasteiger partial charge in [-0.3, -0.25) is 4.79 Å². The second kappa shape index (κ2) is 7.81. The van der Waals surface area contributed by atoms with Crippen LogP contribution < -0.4 is 5.32 Å². The van der Waals surface area contributed by atoms with E-state index in [0.717, 1.165) is 17.3 Å². The van der Waals surface area contributed by atoms with Crippen LogP contribution >= 0.6 is 12.8 Å². The van der Waals surface area contributed by atoms with E-state index < -0.39 is 11.9 Å². The van der Waals surface area contributed by atoms with Crippen LogP contribution in [-0.2, 0) is 0 Å². The van der Waals surface area contributed by atoms with Gasteiger partial charge in [0.05, 0.1) is 0 Å². The minimum Gasteiger partial charge on any atom is -0.337 e. The highest BCUT2D eigenvalue weighted by Crippen LogP contribution is 2.06. The number of nitrogens with zero attached hydrogens (tertiary/aromatic N) is 2. The van der Waals surface area contributed by atoms with Crippen molar-refractivity contribution in [2.24, 2.45) is 0 Å². The maximum atomic E-state index is 11.9. The molecule has 0 bridgehead atoms. The van der Waals surface area contributed by atoms with Crippen LogP contribution in [0, 0.1) is 0 Å². The topological polar surface area (TPSA) is 52.7 Å². The molecular formula is C13H19N3O2S. The van der Waals surface area contributed by atoms with Crippen molar-refractivity contribution in [3.8, 4) is 0 Å². The van der Waals surface area contributed by atoms with Gasteiger partial charge in [0.15, 0.2) is 0 Å². The average Bonchev–Trinajstić information content (AvgIpc) is 2.42. The molecule has 0 aliphatic heterocycles. The lowest BCUT2D eigenvalue weighted by molar-refractivity contribution is 0.0895. The van der Waals surface area contributed by atoms with Crippen LogP contribution in [0.3, 0.4) is 0 Å². The molecule has 1 N–H and O–H groups in total. The summed E-state index contributed by atoms with van der Waals surface area (Å²) in [5, 5.41) is 2.65. The first-order chi connectivity index (χ1) is 9.02. The number of thiol groups is 1. The third-order valence-electron chi connectivity index (χ3n) is 2.46. The Morgan fingerprint density at radius 3 is 2.42 bits per heavy atom. The molecule has 0 aliphatic carbocycles. The third kappa shape index (κ3) is 5.32. The van der Waals surface area contributed by atoms with Crippen molar-refractivity contribution in [2.45, 2.75) is 6.42 Å². The summed E-state index contributed by atoms with van der Waals surface area (Å²) in [4.78, 5) is 25.6. The summed E-state index contributed by atoms with van der Waals surface area (Å²) in [6.07, 6.45) is 0.819. The molecular weight excluding hydrogens is 262 g/mol. The Morgan fingerprint density at radius 2 is 1.84 bits per heavy atom. The van der Waals surface area contributed by atoms with Crippen LogP contribution in [0.4, 0.5) is 4.79 Å². The lowest BCUT2D eigenvalue weighted by atomic mass is 10.2. The van der Waals surface area contributed by atoms with Crippen molar-refractivity contribution >= 4 is 24.8 Å². The van der Waals surface area contributed by atoms with E-state index in [-0.39, 0.29) is 0 Å². The standard InChI is InChI=1S/C13H19N3O2S/c1-15(2)10-6-9-14-13(18)16(19)12(17)11-7-4-3-5-8-11/h3-5,7-8,19H,6,9-10H2,1-2H3,(H,14,18). The van der Waals surface area contributed by atoms with Gasteiger partial charge in [-0.05, 0) is 39.2 Å². The maximum Gasteiger partial charge on any atom is 0.334 e. The lowest BCUT2D eigenvalue weighted by Crippen LogP contribution is -2.38. The quantitative estimate of drug-likeness (QED) is 0.637. The lowest BCUT2D eigenvalue weighted by Gasteiger charge is -2.15. The van der Waals surface area contributed by atoms with Gasteiger partial charge in [-0.15, -0.1) is 0 Å². The van der Waals surface area contributed by atoms with Crippen LogP contribution in [0.1, 0.15) is 16.8 Å². The second-order valence-electron chi connectivity index (χ2n) is 4.37. The van der Waals surface area contributed by atoms with E-state index in [0.29, 0.717) is 12.1 Å². The molecule has 0 saturated carbocycles. The fourth-order valence-electron chi connectivity index (χ4n) is 1.46. The summed E-state index contributed by atoms with van der Waals surface area (Å²) in [6, 6.07) is 8.07. The minimum atomic E-state index is -0.504. The van der Waals surface area contributed by atoms with Crippen molar-refractivity contribution in [1.82, 2.24) is 14.5 Å². The van der Waals surface area contributed by atoms with Crippen LogP contribution in [-0.4, -0.2) is 48.3 Å². The molecule has 6 heteroatoms. The molecule has 0 heterocycles. The van der Waals surface area contributed by atoms with E-state index >= 15 is 0 Å². The van der Waals surface area contributed by atoms with E-state index in [1.54, 1.807) is 30.3 Å². The van der Waals surface area contributed by atoms with Crippen molar-refractivity contribution in [3.05, 3.63) is 35.9 Å². The Labute approximate surface area is 119 Å². The van der Waals surface area contributed by atoms with Gasteiger partial charge in [0.1, 0.15) is 0 Å². The van der Waals surface area contributed by atoms with Crippen molar-refractivity contribution < 1.29 is 9.59 Å². The molecule has 1 aromatic rings. The summed E-state index contributed by atoms with van der Waals surface area (Å²) < 4.78 is 0.797. The molecule has 0 atom stereocenters. The highest BCUT2D eigenvalue weighted by molar-refractivity contribution is 7.79. The predicted octanol–water partition coefficient (Wildman–Crippen LogP) is 1.63. The summed E-state index contributed by atoms with van der Waals surface area (Å²) in [6.45, 7) is 1.38. The molecule has 0 radical (unpaired) electrons. The van der Waals surface area contributed by atoms with Crippen molar-refractivity contribution in [3.63, 3.8) is 0 Å². The van der Waals surface area contributed by atoms with E-state index in [2.05, 4.69) is 18.1 Å². The number of imide groups is 1. The normalized spacial score (nSPS) is 10.3. The maximum absolute atomic E-state index is 11.9. The number of carbonyl (C=O) groups excluding carboxylic acids is 2. The van der Waals surface area contributed by atoms with E-state index in [9.17, 15) is 9.59 Å². The van der Waals surface area contributed by atoms with Gasteiger partial charge in [0.2, 0.25) is 0 Å². The van der Waals surface area contributed by atoms with E-state index in [1.165, 1.54) is 0 Å². The van der Waals surface area contributed by atoms with Gasteiger partial charge in [-0.2, -0.15) is 0 Å². The first-order valence-electron chi connectivity index (χ1n) is 6.03. The molecule has 19 heavy (non-hydrogen) atoms. The number of hydrogen-bond acceptors (Lipinski definition) is 4. The van der Waals surface area contributed by atoms with Crippen LogP contribution in [0.2, 0.25) is 0 Å². The van der Waals surface area contributed by atoms with E-state index in [4.69, 9.17) is 0 Å². The molecule has 0 fully saturated rings. The summed E-state index contributed by atoms with van der Waals surface area (Å²) in [7, 11) is 3.93. The van der Waals surface area contributed by atoms with Gasteiger partial charge < -0.3 is 10.2 Å². The van der Waals surface area contributed by atoms with Crippen molar-refractivity contribution in [2.75, 3.05) is 27.2 Å². The molecule has 0 saturated heterocycles. The number of urea groups is 1. The van der Waals surface area contributed by atoms with Crippen LogP contribution in [0.5, 0.6) is 0 Å².